The number of nitrogens with zero attached hydrogens (tertiary/aromatic N) is 3. The minimum absolute atomic E-state index is 0.137. The molecule has 1 fully saturated rings. The molecule has 1 N–H and O–H groups in total. The van der Waals surface area contributed by atoms with Crippen LogP contribution in [0, 0.1) is 0 Å². The number of anilines is 1. The lowest BCUT2D eigenvalue weighted by Gasteiger charge is -2.35. The molecule has 24 heavy (non-hydrogen) atoms. The van der Waals surface area contributed by atoms with E-state index in [0.29, 0.717) is 38.3 Å². The van der Waals surface area contributed by atoms with Gasteiger partial charge < -0.3 is 19.9 Å². The number of hydrogen-bond donors (Lipinski definition) is 1. The Labute approximate surface area is 143 Å². The van der Waals surface area contributed by atoms with Crippen molar-refractivity contribution in [3.8, 4) is 0 Å². The highest BCUT2D eigenvalue weighted by Crippen LogP contribution is 2.17. The van der Waals surface area contributed by atoms with Gasteiger partial charge in [0.25, 0.3) is 5.91 Å². The summed E-state index contributed by atoms with van der Waals surface area (Å²) in [5.74, 6) is -0.137. The van der Waals surface area contributed by atoms with Crippen molar-refractivity contribution in [3.05, 3.63) is 24.0 Å². The van der Waals surface area contributed by atoms with Crippen molar-refractivity contribution in [1.29, 1.82) is 0 Å². The summed E-state index contributed by atoms with van der Waals surface area (Å²) in [5, 5.41) is 2.93. The molecule has 2 amide bonds. The van der Waals surface area contributed by atoms with E-state index in [1.54, 1.807) is 24.2 Å². The summed E-state index contributed by atoms with van der Waals surface area (Å²) in [6.07, 6.45) is 3.04. The fourth-order valence-corrected chi connectivity index (χ4v) is 2.50. The van der Waals surface area contributed by atoms with Gasteiger partial charge in [-0.3, -0.25) is 9.78 Å². The topological polar surface area (TPSA) is 74.8 Å². The van der Waals surface area contributed by atoms with Gasteiger partial charge in [-0.25, -0.2) is 4.79 Å². The second kappa shape index (κ2) is 7.51. The van der Waals surface area contributed by atoms with Gasteiger partial charge in [-0.05, 0) is 33.8 Å². The van der Waals surface area contributed by atoms with Crippen LogP contribution in [-0.4, -0.2) is 60.2 Å². The molecular weight excluding hydrogens is 308 g/mol. The SMILES string of the molecule is CCOC(=O)N1CCN(c2cncc(C(=O)NC(C)(C)C)c2)CC1. The summed E-state index contributed by atoms with van der Waals surface area (Å²) >= 11 is 0. The molecule has 0 atom stereocenters. The Kier molecular flexibility index (Phi) is 5.64. The van der Waals surface area contributed by atoms with Crippen molar-refractivity contribution in [2.45, 2.75) is 33.2 Å². The summed E-state index contributed by atoms with van der Waals surface area (Å²) < 4.78 is 5.02. The minimum Gasteiger partial charge on any atom is -0.450 e. The maximum absolute atomic E-state index is 12.3. The minimum atomic E-state index is -0.293. The Morgan fingerprint density at radius 3 is 2.46 bits per heavy atom. The lowest BCUT2D eigenvalue weighted by molar-refractivity contribution is 0.0919. The number of aromatic nitrogens is 1. The highest BCUT2D eigenvalue weighted by Gasteiger charge is 2.23. The number of hydrogen-bond acceptors (Lipinski definition) is 5. The number of carbonyl (C=O) groups excluding carboxylic acids is 2. The van der Waals surface area contributed by atoms with Gasteiger partial charge in [0.1, 0.15) is 0 Å². The van der Waals surface area contributed by atoms with Gasteiger partial charge in [-0.2, -0.15) is 0 Å². The van der Waals surface area contributed by atoms with Crippen molar-refractivity contribution >= 4 is 17.7 Å². The number of nitrogens with one attached hydrogen (secondary N) is 1. The van der Waals surface area contributed by atoms with Crippen LogP contribution in [0.4, 0.5) is 10.5 Å². The molecule has 1 aromatic heterocycles. The van der Waals surface area contributed by atoms with Crippen molar-refractivity contribution in [1.82, 2.24) is 15.2 Å². The van der Waals surface area contributed by atoms with Crippen molar-refractivity contribution in [3.63, 3.8) is 0 Å². The summed E-state index contributed by atoms with van der Waals surface area (Å²) in [6.45, 7) is 10.6. The number of carbonyl (C=O) groups is 2. The Morgan fingerprint density at radius 1 is 1.21 bits per heavy atom. The summed E-state index contributed by atoms with van der Waals surface area (Å²) in [4.78, 5) is 32.0. The van der Waals surface area contributed by atoms with Crippen molar-refractivity contribution in [2.75, 3.05) is 37.7 Å². The molecule has 0 bridgehead atoms. The molecule has 0 spiro atoms. The lowest BCUT2D eigenvalue weighted by Crippen LogP contribution is -2.49. The van der Waals surface area contributed by atoms with Gasteiger partial charge in [0.2, 0.25) is 0 Å². The van der Waals surface area contributed by atoms with Gasteiger partial charge in [0, 0.05) is 37.9 Å². The zero-order valence-corrected chi connectivity index (χ0v) is 14.8. The van der Waals surface area contributed by atoms with Crippen LogP contribution in [0.25, 0.3) is 0 Å². The number of rotatable bonds is 3. The first kappa shape index (κ1) is 18.0. The van der Waals surface area contributed by atoms with Gasteiger partial charge >= 0.3 is 6.09 Å². The highest BCUT2D eigenvalue weighted by molar-refractivity contribution is 5.95. The van der Waals surface area contributed by atoms with Crippen LogP contribution in [-0.2, 0) is 4.74 Å². The molecule has 1 aliphatic heterocycles. The van der Waals surface area contributed by atoms with E-state index in [-0.39, 0.29) is 17.5 Å². The molecule has 0 radical (unpaired) electrons. The van der Waals surface area contributed by atoms with Crippen molar-refractivity contribution in [2.24, 2.45) is 0 Å². The molecule has 2 heterocycles. The van der Waals surface area contributed by atoms with Gasteiger partial charge in [0.15, 0.2) is 0 Å². The second-order valence-electron chi connectivity index (χ2n) is 6.81. The van der Waals surface area contributed by atoms with E-state index in [1.807, 2.05) is 26.8 Å². The summed E-state index contributed by atoms with van der Waals surface area (Å²) in [7, 11) is 0. The van der Waals surface area contributed by atoms with Crippen LogP contribution in [0.5, 0.6) is 0 Å². The lowest BCUT2D eigenvalue weighted by atomic mass is 10.1. The molecule has 1 saturated heterocycles. The molecule has 0 saturated carbocycles. The van der Waals surface area contributed by atoms with E-state index < -0.39 is 0 Å². The Hall–Kier alpha value is -2.31. The van der Waals surface area contributed by atoms with Crippen LogP contribution in [0.2, 0.25) is 0 Å². The summed E-state index contributed by atoms with van der Waals surface area (Å²) in [5.41, 5.74) is 1.13. The van der Waals surface area contributed by atoms with Crippen LogP contribution >= 0.6 is 0 Å². The van der Waals surface area contributed by atoms with Crippen LogP contribution < -0.4 is 10.2 Å². The predicted octanol–water partition coefficient (Wildman–Crippen LogP) is 1.89. The molecule has 7 heteroatoms. The molecule has 132 valence electrons. The maximum atomic E-state index is 12.3. The molecule has 1 aliphatic rings. The average molecular weight is 334 g/mol. The number of amides is 2. The van der Waals surface area contributed by atoms with E-state index in [1.165, 1.54) is 0 Å². The van der Waals surface area contributed by atoms with E-state index >= 15 is 0 Å². The number of pyridine rings is 1. The van der Waals surface area contributed by atoms with Crippen LogP contribution in [0.15, 0.2) is 18.5 Å². The van der Waals surface area contributed by atoms with E-state index in [0.717, 1.165) is 5.69 Å². The fraction of sp³-hybridized carbons (Fsp3) is 0.588. The third kappa shape index (κ3) is 4.84. The van der Waals surface area contributed by atoms with Crippen LogP contribution in [0.3, 0.4) is 0 Å². The second-order valence-corrected chi connectivity index (χ2v) is 6.81. The maximum Gasteiger partial charge on any atom is 0.409 e. The zero-order valence-electron chi connectivity index (χ0n) is 14.8. The first-order valence-electron chi connectivity index (χ1n) is 8.24. The van der Waals surface area contributed by atoms with Gasteiger partial charge in [0.05, 0.1) is 24.1 Å². The quantitative estimate of drug-likeness (QED) is 0.914. The van der Waals surface area contributed by atoms with Gasteiger partial charge in [-0.1, -0.05) is 0 Å². The number of piperazine rings is 1. The molecule has 0 unspecified atom stereocenters. The standard InChI is InChI=1S/C17H26N4O3/c1-5-24-16(23)21-8-6-20(7-9-21)14-10-13(11-18-12-14)15(22)19-17(2,3)4/h10-12H,5-9H2,1-4H3,(H,19,22). The molecule has 0 aromatic carbocycles. The van der Waals surface area contributed by atoms with Crippen molar-refractivity contribution < 1.29 is 14.3 Å². The molecule has 7 nitrogen and oxygen atoms in total. The van der Waals surface area contributed by atoms with Crippen LogP contribution in [0.1, 0.15) is 38.1 Å². The van der Waals surface area contributed by atoms with Gasteiger partial charge in [-0.15, -0.1) is 0 Å². The molecule has 1 aromatic rings. The highest BCUT2D eigenvalue weighted by atomic mass is 16.6. The first-order chi connectivity index (χ1) is 11.3. The monoisotopic (exact) mass is 334 g/mol. The van der Waals surface area contributed by atoms with E-state index in [2.05, 4.69) is 15.2 Å². The summed E-state index contributed by atoms with van der Waals surface area (Å²) in [6, 6.07) is 1.84. The first-order valence-corrected chi connectivity index (χ1v) is 8.24. The molecule has 2 rings (SSSR count). The smallest absolute Gasteiger partial charge is 0.409 e. The third-order valence-electron chi connectivity index (χ3n) is 3.65. The number of ether oxygens (including phenoxy) is 1. The molecular formula is C17H26N4O3. The Balaban J connectivity index is 2.00. The Bertz CT molecular complexity index is 590. The Morgan fingerprint density at radius 2 is 1.88 bits per heavy atom. The predicted molar refractivity (Wildman–Crippen MR) is 92.3 cm³/mol. The third-order valence-corrected chi connectivity index (χ3v) is 3.65. The normalized spacial score (nSPS) is 15.2. The fourth-order valence-electron chi connectivity index (χ4n) is 2.50. The average Bonchev–Trinajstić information content (AvgIpc) is 2.54. The van der Waals surface area contributed by atoms with E-state index in [4.69, 9.17) is 4.74 Å². The molecule has 0 aliphatic carbocycles. The zero-order chi connectivity index (χ0) is 17.7. The van der Waals surface area contributed by atoms with E-state index in [9.17, 15) is 9.59 Å². The largest absolute Gasteiger partial charge is 0.450 e.